The van der Waals surface area contributed by atoms with E-state index in [1.54, 1.807) is 18.7 Å². The second kappa shape index (κ2) is 7.36. The Labute approximate surface area is 124 Å². The van der Waals surface area contributed by atoms with Gasteiger partial charge in [0.15, 0.2) is 0 Å². The van der Waals surface area contributed by atoms with Crippen LogP contribution in [0.2, 0.25) is 0 Å². The van der Waals surface area contributed by atoms with Crippen molar-refractivity contribution in [1.29, 1.82) is 0 Å². The Morgan fingerprint density at radius 2 is 1.90 bits per heavy atom. The second-order valence-electron chi connectivity index (χ2n) is 4.71. The monoisotopic (exact) mass is 288 g/mol. The molecule has 2 aromatic carbocycles. The van der Waals surface area contributed by atoms with E-state index >= 15 is 0 Å². The Balaban J connectivity index is 1.82. The molecule has 0 fully saturated rings. The van der Waals surface area contributed by atoms with E-state index in [9.17, 15) is 5.11 Å². The van der Waals surface area contributed by atoms with Crippen molar-refractivity contribution in [3.63, 3.8) is 0 Å². The van der Waals surface area contributed by atoms with Gasteiger partial charge in [0.2, 0.25) is 0 Å². The van der Waals surface area contributed by atoms with E-state index < -0.39 is 6.10 Å². The Bertz CT molecular complexity index is 538. The van der Waals surface area contributed by atoms with Crippen LogP contribution in [-0.4, -0.2) is 17.5 Å². The lowest BCUT2D eigenvalue weighted by Crippen LogP contribution is -2.02. The number of aliphatic hydroxyl groups is 1. The maximum Gasteiger partial charge on any atom is 0.122 e. The maximum absolute atomic E-state index is 9.54. The van der Waals surface area contributed by atoms with Gasteiger partial charge in [0.25, 0.3) is 0 Å². The number of aryl methyl sites for hydroxylation is 1. The van der Waals surface area contributed by atoms with E-state index in [1.165, 1.54) is 4.90 Å². The molecule has 0 bridgehead atoms. The Kier molecular flexibility index (Phi) is 5.50. The quantitative estimate of drug-likeness (QED) is 0.637. The molecular weight excluding hydrogens is 268 g/mol. The van der Waals surface area contributed by atoms with Crippen LogP contribution in [0.3, 0.4) is 0 Å². The highest BCUT2D eigenvalue weighted by molar-refractivity contribution is 7.99. The number of rotatable bonds is 6. The van der Waals surface area contributed by atoms with Gasteiger partial charge >= 0.3 is 0 Å². The minimum atomic E-state index is -0.434. The van der Waals surface area contributed by atoms with Crippen LogP contribution >= 0.6 is 11.8 Å². The molecule has 2 nitrogen and oxygen atoms in total. The van der Waals surface area contributed by atoms with Crippen molar-refractivity contribution in [2.45, 2.75) is 24.8 Å². The molecule has 0 aliphatic heterocycles. The standard InChI is InChI=1S/C17H20O2S/c1-13-12-15(14(2)18)8-9-17(13)19-10-11-20-16-6-4-3-5-7-16/h3-9,12,14,18H,10-11H2,1-2H3. The third-order valence-corrected chi connectivity index (χ3v) is 4.01. The van der Waals surface area contributed by atoms with E-state index in [4.69, 9.17) is 4.74 Å². The van der Waals surface area contributed by atoms with Gasteiger partial charge in [-0.15, -0.1) is 11.8 Å². The van der Waals surface area contributed by atoms with Gasteiger partial charge in [0.05, 0.1) is 12.7 Å². The predicted molar refractivity (Wildman–Crippen MR) is 84.5 cm³/mol. The molecule has 0 saturated heterocycles. The number of ether oxygens (including phenoxy) is 1. The molecule has 0 aliphatic carbocycles. The normalized spacial score (nSPS) is 12.2. The van der Waals surface area contributed by atoms with E-state index in [0.717, 1.165) is 22.6 Å². The Hall–Kier alpha value is -1.45. The average molecular weight is 288 g/mol. The first-order chi connectivity index (χ1) is 9.66. The van der Waals surface area contributed by atoms with Crippen molar-refractivity contribution in [1.82, 2.24) is 0 Å². The summed E-state index contributed by atoms with van der Waals surface area (Å²) < 4.78 is 5.79. The van der Waals surface area contributed by atoms with Gasteiger partial charge in [-0.05, 0) is 49.2 Å². The first kappa shape index (κ1) is 14.9. The molecule has 0 spiro atoms. The van der Waals surface area contributed by atoms with Crippen LogP contribution < -0.4 is 4.74 Å². The van der Waals surface area contributed by atoms with E-state index in [1.807, 2.05) is 43.3 Å². The highest BCUT2D eigenvalue weighted by atomic mass is 32.2. The van der Waals surface area contributed by atoms with Crippen LogP contribution in [0.5, 0.6) is 5.75 Å². The number of thioether (sulfide) groups is 1. The van der Waals surface area contributed by atoms with Crippen LogP contribution in [0, 0.1) is 6.92 Å². The van der Waals surface area contributed by atoms with Gasteiger partial charge in [-0.2, -0.15) is 0 Å². The molecule has 106 valence electrons. The number of benzene rings is 2. The first-order valence-electron chi connectivity index (χ1n) is 6.76. The molecule has 20 heavy (non-hydrogen) atoms. The number of hydrogen-bond acceptors (Lipinski definition) is 3. The van der Waals surface area contributed by atoms with Gasteiger partial charge in [-0.1, -0.05) is 24.3 Å². The first-order valence-corrected chi connectivity index (χ1v) is 7.74. The molecule has 0 aromatic heterocycles. The molecule has 0 aliphatic rings. The van der Waals surface area contributed by atoms with Crippen LogP contribution in [0.15, 0.2) is 53.4 Å². The summed E-state index contributed by atoms with van der Waals surface area (Å²) in [6.45, 7) is 4.45. The summed E-state index contributed by atoms with van der Waals surface area (Å²) in [5.74, 6) is 1.81. The fraction of sp³-hybridized carbons (Fsp3) is 0.294. The van der Waals surface area contributed by atoms with Crippen LogP contribution in [0.1, 0.15) is 24.2 Å². The second-order valence-corrected chi connectivity index (χ2v) is 5.88. The molecule has 1 N–H and O–H groups in total. The number of hydrogen-bond donors (Lipinski definition) is 1. The summed E-state index contributed by atoms with van der Waals surface area (Å²) in [7, 11) is 0. The fourth-order valence-electron chi connectivity index (χ4n) is 1.92. The van der Waals surface area contributed by atoms with E-state index in [-0.39, 0.29) is 0 Å². The van der Waals surface area contributed by atoms with Gasteiger partial charge in [-0.3, -0.25) is 0 Å². The summed E-state index contributed by atoms with van der Waals surface area (Å²) in [5, 5.41) is 9.54. The highest BCUT2D eigenvalue weighted by Crippen LogP contribution is 2.23. The van der Waals surface area contributed by atoms with Crippen LogP contribution in [-0.2, 0) is 0 Å². The molecule has 0 heterocycles. The van der Waals surface area contributed by atoms with Crippen molar-refractivity contribution in [2.24, 2.45) is 0 Å². The molecule has 0 saturated carbocycles. The van der Waals surface area contributed by atoms with E-state index in [2.05, 4.69) is 12.1 Å². The minimum Gasteiger partial charge on any atom is -0.492 e. The predicted octanol–water partition coefficient (Wildman–Crippen LogP) is 4.22. The van der Waals surface area contributed by atoms with Crippen molar-refractivity contribution in [3.8, 4) is 5.75 Å². The average Bonchev–Trinajstić information content (AvgIpc) is 2.46. The Morgan fingerprint density at radius 3 is 2.55 bits per heavy atom. The SMILES string of the molecule is Cc1cc(C(C)O)ccc1OCCSc1ccccc1. The van der Waals surface area contributed by atoms with Crippen LogP contribution in [0.4, 0.5) is 0 Å². The summed E-state index contributed by atoms with van der Waals surface area (Å²) >= 11 is 1.79. The third kappa shape index (κ3) is 4.29. The zero-order valence-electron chi connectivity index (χ0n) is 11.9. The largest absolute Gasteiger partial charge is 0.492 e. The van der Waals surface area contributed by atoms with Crippen LogP contribution in [0.25, 0.3) is 0 Å². The zero-order valence-corrected chi connectivity index (χ0v) is 12.7. The molecule has 0 amide bonds. The topological polar surface area (TPSA) is 29.5 Å². The molecular formula is C17H20O2S. The summed E-state index contributed by atoms with van der Waals surface area (Å²) in [4.78, 5) is 1.26. The van der Waals surface area contributed by atoms with E-state index in [0.29, 0.717) is 6.61 Å². The Morgan fingerprint density at radius 1 is 1.15 bits per heavy atom. The van der Waals surface area contributed by atoms with Gasteiger partial charge in [-0.25, -0.2) is 0 Å². The van der Waals surface area contributed by atoms with Crippen molar-refractivity contribution < 1.29 is 9.84 Å². The molecule has 0 radical (unpaired) electrons. The lowest BCUT2D eigenvalue weighted by molar-refractivity contribution is 0.199. The summed E-state index contributed by atoms with van der Waals surface area (Å²) in [6, 6.07) is 16.1. The van der Waals surface area contributed by atoms with Gasteiger partial charge in [0.1, 0.15) is 5.75 Å². The van der Waals surface area contributed by atoms with Gasteiger partial charge in [0, 0.05) is 10.6 Å². The maximum atomic E-state index is 9.54. The fourth-order valence-corrected chi connectivity index (χ4v) is 2.67. The summed E-state index contributed by atoms with van der Waals surface area (Å²) in [5.41, 5.74) is 1.99. The lowest BCUT2D eigenvalue weighted by Gasteiger charge is -2.12. The molecule has 3 heteroatoms. The third-order valence-electron chi connectivity index (χ3n) is 3.03. The zero-order chi connectivity index (χ0) is 14.4. The smallest absolute Gasteiger partial charge is 0.122 e. The minimum absolute atomic E-state index is 0.434. The van der Waals surface area contributed by atoms with Crippen molar-refractivity contribution >= 4 is 11.8 Å². The molecule has 2 rings (SSSR count). The number of aliphatic hydroxyl groups excluding tert-OH is 1. The van der Waals surface area contributed by atoms with Gasteiger partial charge < -0.3 is 9.84 Å². The van der Waals surface area contributed by atoms with Crippen molar-refractivity contribution in [3.05, 3.63) is 59.7 Å². The highest BCUT2D eigenvalue weighted by Gasteiger charge is 2.05. The summed E-state index contributed by atoms with van der Waals surface area (Å²) in [6.07, 6.45) is -0.434. The lowest BCUT2D eigenvalue weighted by atomic mass is 10.1. The molecule has 1 unspecified atom stereocenters. The molecule has 2 aromatic rings. The van der Waals surface area contributed by atoms with Crippen molar-refractivity contribution in [2.75, 3.05) is 12.4 Å². The molecule has 1 atom stereocenters.